The van der Waals surface area contributed by atoms with Gasteiger partial charge in [-0.2, -0.15) is 0 Å². The highest BCUT2D eigenvalue weighted by Gasteiger charge is 2.57. The number of ketones is 1. The first kappa shape index (κ1) is 19.1. The number of cyclic esters (lactones) is 2. The van der Waals surface area contributed by atoms with Gasteiger partial charge in [0.05, 0.1) is 0 Å². The Morgan fingerprint density at radius 2 is 1.48 bits per heavy atom. The quantitative estimate of drug-likeness (QED) is 0.441. The molecule has 5 nitrogen and oxygen atoms in total. The van der Waals surface area contributed by atoms with Crippen LogP contribution in [-0.2, 0) is 25.5 Å². The van der Waals surface area contributed by atoms with E-state index < -0.39 is 23.1 Å². The third kappa shape index (κ3) is 4.03. The Bertz CT molecular complexity index is 851. The number of carbonyl (C=O) groups excluding carboxylic acids is 3. The molecule has 0 amide bonds. The van der Waals surface area contributed by atoms with E-state index in [2.05, 4.69) is 0 Å². The Hall–Kier alpha value is -2.66. The van der Waals surface area contributed by atoms with Crippen molar-refractivity contribution in [2.24, 2.45) is 5.41 Å². The Kier molecular flexibility index (Phi) is 5.07. The van der Waals surface area contributed by atoms with Gasteiger partial charge >= 0.3 is 11.9 Å². The maximum atomic E-state index is 12.9. The molecule has 2 aromatic rings. The number of carbonyl (C=O) groups is 3. The lowest BCUT2D eigenvalue weighted by Crippen LogP contribution is -2.55. The molecule has 27 heavy (non-hydrogen) atoms. The van der Waals surface area contributed by atoms with Gasteiger partial charge in [0.15, 0.2) is 11.2 Å². The zero-order valence-corrected chi connectivity index (χ0v) is 15.8. The number of esters is 2. The number of hydrogen-bond acceptors (Lipinski definition) is 5. The van der Waals surface area contributed by atoms with E-state index in [4.69, 9.17) is 21.1 Å². The van der Waals surface area contributed by atoms with Gasteiger partial charge in [0.2, 0.25) is 0 Å². The highest BCUT2D eigenvalue weighted by molar-refractivity contribution is 6.30. The monoisotopic (exact) mass is 386 g/mol. The predicted octanol–water partition coefficient (Wildman–Crippen LogP) is 3.98. The second-order valence-electron chi connectivity index (χ2n) is 7.03. The lowest BCUT2D eigenvalue weighted by molar-refractivity contribution is -0.250. The number of rotatable bonds is 5. The van der Waals surface area contributed by atoms with Gasteiger partial charge in [-0.05, 0) is 24.1 Å². The molecule has 0 atom stereocenters. The summed E-state index contributed by atoms with van der Waals surface area (Å²) in [6.45, 7) is 2.96. The minimum atomic E-state index is -1.74. The number of halogens is 1. The molecule has 0 bridgehead atoms. The van der Waals surface area contributed by atoms with E-state index in [1.165, 1.54) is 13.8 Å². The Labute approximate surface area is 162 Å². The number of Topliss-reactive ketones (excluding diaryl/α,β-unsaturated/α-hetero) is 1. The summed E-state index contributed by atoms with van der Waals surface area (Å²) in [5.41, 5.74) is -0.650. The first-order chi connectivity index (χ1) is 12.7. The average Bonchev–Trinajstić information content (AvgIpc) is 2.61. The summed E-state index contributed by atoms with van der Waals surface area (Å²) in [6.07, 6.45) is -0.357. The molecule has 0 aromatic heterocycles. The van der Waals surface area contributed by atoms with Crippen molar-refractivity contribution in [3.05, 3.63) is 70.7 Å². The first-order valence-electron chi connectivity index (χ1n) is 8.51. The van der Waals surface area contributed by atoms with Crippen LogP contribution in [0.4, 0.5) is 0 Å². The van der Waals surface area contributed by atoms with Crippen molar-refractivity contribution in [3.63, 3.8) is 0 Å². The van der Waals surface area contributed by atoms with E-state index in [1.807, 2.05) is 0 Å². The molecular weight excluding hydrogens is 368 g/mol. The largest absolute Gasteiger partial charge is 0.422 e. The van der Waals surface area contributed by atoms with Crippen LogP contribution >= 0.6 is 11.6 Å². The smallest absolute Gasteiger partial charge is 0.327 e. The Balaban J connectivity index is 1.98. The van der Waals surface area contributed by atoms with E-state index in [-0.39, 0.29) is 18.6 Å². The molecule has 0 spiro atoms. The molecule has 0 saturated carbocycles. The number of hydrogen-bond donors (Lipinski definition) is 0. The van der Waals surface area contributed by atoms with Crippen LogP contribution in [0.5, 0.6) is 0 Å². The molecule has 0 radical (unpaired) electrons. The van der Waals surface area contributed by atoms with Crippen LogP contribution < -0.4 is 0 Å². The second-order valence-corrected chi connectivity index (χ2v) is 7.47. The molecule has 0 aliphatic carbocycles. The lowest BCUT2D eigenvalue weighted by Gasteiger charge is -2.40. The zero-order valence-electron chi connectivity index (χ0n) is 15.0. The molecule has 1 saturated heterocycles. The van der Waals surface area contributed by atoms with E-state index in [1.54, 1.807) is 54.6 Å². The van der Waals surface area contributed by atoms with Crippen LogP contribution in [0.1, 0.15) is 36.2 Å². The van der Waals surface area contributed by atoms with Crippen LogP contribution in [0, 0.1) is 5.41 Å². The van der Waals surface area contributed by atoms with Crippen LogP contribution in [0.3, 0.4) is 0 Å². The average molecular weight is 387 g/mol. The Morgan fingerprint density at radius 1 is 0.926 bits per heavy atom. The van der Waals surface area contributed by atoms with Gasteiger partial charge in [-0.25, -0.2) is 0 Å². The van der Waals surface area contributed by atoms with E-state index in [9.17, 15) is 14.4 Å². The SMILES string of the molecule is CC1(C)OC(=O)C(CC(=O)c2ccccc2)(Cc2ccc(Cl)cc2)C(=O)O1. The zero-order chi connectivity index (χ0) is 19.7. The summed E-state index contributed by atoms with van der Waals surface area (Å²) < 4.78 is 10.7. The normalized spacial score (nSPS) is 17.7. The van der Waals surface area contributed by atoms with E-state index in [0.717, 1.165) is 0 Å². The summed E-state index contributed by atoms with van der Waals surface area (Å²) >= 11 is 5.91. The molecule has 0 unspecified atom stereocenters. The van der Waals surface area contributed by atoms with Crippen molar-refractivity contribution in [1.29, 1.82) is 0 Å². The fourth-order valence-corrected chi connectivity index (χ4v) is 3.17. The summed E-state index contributed by atoms with van der Waals surface area (Å²) in [6, 6.07) is 15.2. The third-order valence-electron chi connectivity index (χ3n) is 4.44. The molecule has 140 valence electrons. The van der Waals surface area contributed by atoms with Gasteiger partial charge in [-0.3, -0.25) is 14.4 Å². The maximum absolute atomic E-state index is 12.9. The molecule has 3 rings (SSSR count). The molecule has 1 heterocycles. The van der Waals surface area contributed by atoms with Crippen molar-refractivity contribution in [3.8, 4) is 0 Å². The number of ether oxygens (including phenoxy) is 2. The minimum Gasteiger partial charge on any atom is -0.422 e. The topological polar surface area (TPSA) is 69.7 Å². The molecular formula is C21H19ClO5. The minimum absolute atomic E-state index is 0.0174. The third-order valence-corrected chi connectivity index (χ3v) is 4.69. The molecule has 1 fully saturated rings. The first-order valence-corrected chi connectivity index (χ1v) is 8.89. The van der Waals surface area contributed by atoms with Gasteiger partial charge < -0.3 is 9.47 Å². The van der Waals surface area contributed by atoms with E-state index >= 15 is 0 Å². The standard InChI is InChI=1S/C21H19ClO5/c1-20(2)26-18(24)21(19(25)27-20,12-14-8-10-16(22)11-9-14)13-17(23)15-6-4-3-5-7-15/h3-11H,12-13H2,1-2H3. The van der Waals surface area contributed by atoms with Crippen LogP contribution in [0.2, 0.25) is 5.02 Å². The van der Waals surface area contributed by atoms with Crippen molar-refractivity contribution < 1.29 is 23.9 Å². The van der Waals surface area contributed by atoms with Gasteiger partial charge in [-0.1, -0.05) is 54.1 Å². The molecule has 6 heteroatoms. The van der Waals surface area contributed by atoms with Gasteiger partial charge in [0.25, 0.3) is 5.79 Å². The van der Waals surface area contributed by atoms with Gasteiger partial charge in [-0.15, -0.1) is 0 Å². The lowest BCUT2D eigenvalue weighted by atomic mass is 9.75. The van der Waals surface area contributed by atoms with Crippen molar-refractivity contribution in [2.75, 3.05) is 0 Å². The van der Waals surface area contributed by atoms with Crippen LogP contribution in [0.15, 0.2) is 54.6 Å². The molecule has 1 aliphatic rings. The summed E-state index contributed by atoms with van der Waals surface area (Å²) in [5, 5.41) is 0.531. The fourth-order valence-electron chi connectivity index (χ4n) is 3.05. The summed E-state index contributed by atoms with van der Waals surface area (Å²) in [4.78, 5) is 38.5. The van der Waals surface area contributed by atoms with Crippen LogP contribution in [-0.4, -0.2) is 23.5 Å². The molecule has 0 N–H and O–H groups in total. The number of benzene rings is 2. The van der Waals surface area contributed by atoms with E-state index in [0.29, 0.717) is 16.1 Å². The molecule has 1 aliphatic heterocycles. The van der Waals surface area contributed by atoms with Gasteiger partial charge in [0.1, 0.15) is 0 Å². The highest BCUT2D eigenvalue weighted by Crippen LogP contribution is 2.39. The maximum Gasteiger partial charge on any atom is 0.327 e. The molecule has 2 aromatic carbocycles. The second kappa shape index (κ2) is 7.16. The van der Waals surface area contributed by atoms with Crippen molar-refractivity contribution >= 4 is 29.3 Å². The van der Waals surface area contributed by atoms with Crippen molar-refractivity contribution in [2.45, 2.75) is 32.5 Å². The summed E-state index contributed by atoms with van der Waals surface area (Å²) in [5.74, 6) is -3.22. The van der Waals surface area contributed by atoms with Crippen LogP contribution in [0.25, 0.3) is 0 Å². The Morgan fingerprint density at radius 3 is 2.04 bits per heavy atom. The summed E-state index contributed by atoms with van der Waals surface area (Å²) in [7, 11) is 0. The van der Waals surface area contributed by atoms with Crippen molar-refractivity contribution in [1.82, 2.24) is 0 Å². The van der Waals surface area contributed by atoms with Gasteiger partial charge in [0, 0.05) is 30.9 Å². The predicted molar refractivity (Wildman–Crippen MR) is 99.2 cm³/mol. The fraction of sp³-hybridized carbons (Fsp3) is 0.286. The highest BCUT2D eigenvalue weighted by atomic mass is 35.5.